The fourth-order valence-corrected chi connectivity index (χ4v) is 4.80. The molecule has 5 nitrogen and oxygen atoms in total. The summed E-state index contributed by atoms with van der Waals surface area (Å²) in [4.78, 5) is 11.9. The Morgan fingerprint density at radius 2 is 1.38 bits per heavy atom. The van der Waals surface area contributed by atoms with Gasteiger partial charge in [0.05, 0.1) is 12.4 Å². The van der Waals surface area contributed by atoms with Crippen molar-refractivity contribution in [3.8, 4) is 11.1 Å². The van der Waals surface area contributed by atoms with E-state index in [2.05, 4.69) is 0 Å². The number of aliphatic hydroxyl groups is 1. The van der Waals surface area contributed by atoms with E-state index >= 15 is 0 Å². The fourth-order valence-electron chi connectivity index (χ4n) is 4.23. The summed E-state index contributed by atoms with van der Waals surface area (Å²) in [6, 6.07) is 27.7. The molecule has 0 aromatic heterocycles. The number of carbonyl (C=O) groups is 1. The predicted molar refractivity (Wildman–Crippen MR) is 128 cm³/mol. The zero-order chi connectivity index (χ0) is 23.0. The molecular formula is C26H29NO4S. The van der Waals surface area contributed by atoms with Crippen LogP contribution in [0.5, 0.6) is 0 Å². The molecule has 0 amide bonds. The number of sulfonamides is 1. The van der Waals surface area contributed by atoms with Gasteiger partial charge in [-0.25, -0.2) is 13.6 Å². The molecule has 0 saturated heterocycles. The molecule has 0 heterocycles. The molecule has 3 N–H and O–H groups in total. The second kappa shape index (κ2) is 10.7. The second-order valence-electron chi connectivity index (χ2n) is 8.16. The van der Waals surface area contributed by atoms with E-state index in [9.17, 15) is 18.3 Å². The Morgan fingerprint density at radius 1 is 0.844 bits per heavy atom. The van der Waals surface area contributed by atoms with Gasteiger partial charge in [-0.15, -0.1) is 0 Å². The number of primary sulfonamides is 1. The molecular weight excluding hydrogens is 422 g/mol. The third-order valence-electron chi connectivity index (χ3n) is 5.95. The van der Waals surface area contributed by atoms with E-state index < -0.39 is 21.4 Å². The lowest BCUT2D eigenvalue weighted by Gasteiger charge is -2.35. The van der Waals surface area contributed by atoms with Crippen molar-refractivity contribution in [1.29, 1.82) is 0 Å². The minimum absolute atomic E-state index is 0.166. The van der Waals surface area contributed by atoms with Crippen molar-refractivity contribution in [2.24, 2.45) is 11.1 Å². The number of carbonyl (C=O) groups excluding carboxylic acids is 1. The van der Waals surface area contributed by atoms with Crippen LogP contribution in [0.2, 0.25) is 0 Å². The van der Waals surface area contributed by atoms with Gasteiger partial charge < -0.3 is 9.90 Å². The first-order valence-electron chi connectivity index (χ1n) is 10.7. The van der Waals surface area contributed by atoms with E-state index in [1.165, 1.54) is 0 Å². The lowest BCUT2D eigenvalue weighted by atomic mass is 9.69. The van der Waals surface area contributed by atoms with Crippen molar-refractivity contribution in [2.45, 2.75) is 24.7 Å². The van der Waals surface area contributed by atoms with Gasteiger partial charge in [0, 0.05) is 11.3 Å². The first-order valence-corrected chi connectivity index (χ1v) is 12.4. The number of hydrogen-bond donors (Lipinski definition) is 2. The van der Waals surface area contributed by atoms with Gasteiger partial charge in [-0.3, -0.25) is 0 Å². The quantitative estimate of drug-likeness (QED) is 0.432. The van der Waals surface area contributed by atoms with Crippen LogP contribution in [-0.4, -0.2) is 32.2 Å². The van der Waals surface area contributed by atoms with Gasteiger partial charge in [0.2, 0.25) is 10.0 Å². The summed E-state index contributed by atoms with van der Waals surface area (Å²) >= 11 is 0. The Kier molecular flexibility index (Phi) is 7.96. The average Bonchev–Trinajstić information content (AvgIpc) is 2.82. The Bertz CT molecular complexity index is 1100. The largest absolute Gasteiger partial charge is 0.395 e. The lowest BCUT2D eigenvalue weighted by molar-refractivity contribution is -0.111. The summed E-state index contributed by atoms with van der Waals surface area (Å²) in [5.41, 5.74) is 3.19. The van der Waals surface area contributed by atoms with Gasteiger partial charge >= 0.3 is 0 Å². The van der Waals surface area contributed by atoms with Crippen LogP contribution < -0.4 is 5.14 Å². The molecule has 3 rings (SSSR count). The summed E-state index contributed by atoms with van der Waals surface area (Å²) in [5, 5.41) is 15.7. The molecule has 0 aliphatic heterocycles. The summed E-state index contributed by atoms with van der Waals surface area (Å²) in [5.74, 6) is -0.585. The highest BCUT2D eigenvalue weighted by molar-refractivity contribution is 7.89. The van der Waals surface area contributed by atoms with E-state index in [4.69, 9.17) is 5.14 Å². The SMILES string of the molecule is NS(=O)(=O)CCCC(C=O)CC(CO)(c1ccccc1)c1ccc(-c2ccccc2)cc1. The van der Waals surface area contributed by atoms with Crippen LogP contribution in [0.25, 0.3) is 11.1 Å². The van der Waals surface area contributed by atoms with Crippen LogP contribution in [0, 0.1) is 5.92 Å². The van der Waals surface area contributed by atoms with Crippen LogP contribution in [0.3, 0.4) is 0 Å². The molecule has 0 aliphatic carbocycles. The van der Waals surface area contributed by atoms with Crippen LogP contribution in [0.15, 0.2) is 84.9 Å². The molecule has 0 spiro atoms. The highest BCUT2D eigenvalue weighted by Gasteiger charge is 2.36. The minimum atomic E-state index is -3.58. The highest BCUT2D eigenvalue weighted by atomic mass is 32.2. The van der Waals surface area contributed by atoms with Crippen LogP contribution in [-0.2, 0) is 20.2 Å². The molecule has 0 fully saturated rings. The summed E-state index contributed by atoms with van der Waals surface area (Å²) < 4.78 is 22.6. The van der Waals surface area contributed by atoms with E-state index in [0.717, 1.165) is 28.5 Å². The normalized spacial score (nSPS) is 14.4. The van der Waals surface area contributed by atoms with E-state index in [0.29, 0.717) is 19.3 Å². The van der Waals surface area contributed by atoms with Crippen LogP contribution in [0.1, 0.15) is 30.4 Å². The molecule has 6 heteroatoms. The van der Waals surface area contributed by atoms with E-state index in [1.54, 1.807) is 0 Å². The predicted octanol–water partition coefficient (Wildman–Crippen LogP) is 3.91. The first-order chi connectivity index (χ1) is 15.4. The molecule has 3 aromatic rings. The van der Waals surface area contributed by atoms with Crippen molar-refractivity contribution in [3.05, 3.63) is 96.1 Å². The van der Waals surface area contributed by atoms with Crippen molar-refractivity contribution >= 4 is 16.3 Å². The van der Waals surface area contributed by atoms with Gasteiger partial charge in [0.25, 0.3) is 0 Å². The van der Waals surface area contributed by atoms with E-state index in [-0.39, 0.29) is 12.4 Å². The summed E-state index contributed by atoms with van der Waals surface area (Å²) in [6.07, 6.45) is 1.91. The molecule has 0 aliphatic rings. The Balaban J connectivity index is 1.95. The van der Waals surface area contributed by atoms with Crippen molar-refractivity contribution in [3.63, 3.8) is 0 Å². The standard InChI is InChI=1S/C26H29NO4S/c27-32(30,31)17-7-8-21(19-28)18-26(20-29,24-11-5-2-6-12-24)25-15-13-23(14-16-25)22-9-3-1-4-10-22/h1-6,9-16,19,21,29H,7-8,17-18,20H2,(H2,27,30,31). The third kappa shape index (κ3) is 5.91. The molecule has 2 atom stereocenters. The minimum Gasteiger partial charge on any atom is -0.395 e. The topological polar surface area (TPSA) is 97.5 Å². The van der Waals surface area contributed by atoms with Gasteiger partial charge in [-0.2, -0.15) is 0 Å². The molecule has 2 unspecified atom stereocenters. The van der Waals surface area contributed by atoms with Crippen molar-refractivity contribution in [1.82, 2.24) is 0 Å². The summed E-state index contributed by atoms with van der Waals surface area (Å²) in [7, 11) is -3.58. The maximum atomic E-state index is 11.9. The monoisotopic (exact) mass is 451 g/mol. The zero-order valence-electron chi connectivity index (χ0n) is 17.9. The number of aliphatic hydroxyl groups excluding tert-OH is 1. The molecule has 0 bridgehead atoms. The number of nitrogens with two attached hydrogens (primary N) is 1. The number of aldehydes is 1. The van der Waals surface area contributed by atoms with Crippen molar-refractivity contribution < 1.29 is 18.3 Å². The molecule has 3 aromatic carbocycles. The Labute approximate surface area is 190 Å². The number of benzene rings is 3. The lowest BCUT2D eigenvalue weighted by Crippen LogP contribution is -2.35. The fraction of sp³-hybridized carbons (Fsp3) is 0.269. The Hall–Kier alpha value is -2.80. The van der Waals surface area contributed by atoms with Gasteiger partial charge in [-0.05, 0) is 41.5 Å². The smallest absolute Gasteiger partial charge is 0.209 e. The number of rotatable bonds is 11. The van der Waals surface area contributed by atoms with Gasteiger partial charge in [0.1, 0.15) is 6.29 Å². The van der Waals surface area contributed by atoms with Crippen LogP contribution in [0.4, 0.5) is 0 Å². The second-order valence-corrected chi connectivity index (χ2v) is 9.89. The summed E-state index contributed by atoms with van der Waals surface area (Å²) in [6.45, 7) is -0.179. The van der Waals surface area contributed by atoms with Crippen LogP contribution >= 0.6 is 0 Å². The molecule has 0 saturated carbocycles. The number of hydrogen-bond acceptors (Lipinski definition) is 4. The Morgan fingerprint density at radius 3 is 1.91 bits per heavy atom. The average molecular weight is 452 g/mol. The molecule has 0 radical (unpaired) electrons. The maximum absolute atomic E-state index is 11.9. The zero-order valence-corrected chi connectivity index (χ0v) is 18.7. The van der Waals surface area contributed by atoms with Crippen molar-refractivity contribution in [2.75, 3.05) is 12.4 Å². The van der Waals surface area contributed by atoms with Gasteiger partial charge in [-0.1, -0.05) is 84.9 Å². The van der Waals surface area contributed by atoms with Gasteiger partial charge in [0.15, 0.2) is 0 Å². The van der Waals surface area contributed by atoms with E-state index in [1.807, 2.05) is 84.9 Å². The maximum Gasteiger partial charge on any atom is 0.209 e. The first kappa shape index (κ1) is 23.9. The molecule has 32 heavy (non-hydrogen) atoms. The highest BCUT2D eigenvalue weighted by Crippen LogP contribution is 2.39. The molecule has 168 valence electrons. The third-order valence-corrected chi connectivity index (χ3v) is 6.81.